The highest BCUT2D eigenvalue weighted by molar-refractivity contribution is 9.10. The van der Waals surface area contributed by atoms with Crippen LogP contribution in [0.5, 0.6) is 0 Å². The Hall–Kier alpha value is -1.77. The van der Waals surface area contributed by atoms with E-state index in [1.54, 1.807) is 6.07 Å². The van der Waals surface area contributed by atoms with Crippen LogP contribution in [0.3, 0.4) is 0 Å². The Balaban J connectivity index is 1.79. The number of carbonyl (C=O) groups is 1. The van der Waals surface area contributed by atoms with Crippen molar-refractivity contribution in [3.63, 3.8) is 0 Å². The zero-order valence-corrected chi connectivity index (χ0v) is 13.6. The Kier molecular flexibility index (Phi) is 5.85. The zero-order chi connectivity index (χ0) is 15.1. The third-order valence-corrected chi connectivity index (χ3v) is 4.22. The molecule has 0 saturated carbocycles. The minimum atomic E-state index is -0.0289. The Morgan fingerprint density at radius 3 is 2.71 bits per heavy atom. The van der Waals surface area contributed by atoms with E-state index in [0.29, 0.717) is 17.1 Å². The van der Waals surface area contributed by atoms with Crippen molar-refractivity contribution in [2.75, 3.05) is 11.1 Å². The van der Waals surface area contributed by atoms with Crippen LogP contribution in [0, 0.1) is 11.3 Å². The number of nitriles is 1. The summed E-state index contributed by atoms with van der Waals surface area (Å²) in [4.78, 5) is 11.8. The molecule has 0 radical (unpaired) electrons. The molecule has 1 amide bonds. The van der Waals surface area contributed by atoms with E-state index in [2.05, 4.69) is 27.3 Å². The maximum atomic E-state index is 11.8. The first-order valence-corrected chi connectivity index (χ1v) is 8.24. The van der Waals surface area contributed by atoms with Crippen LogP contribution >= 0.6 is 27.7 Å². The lowest BCUT2D eigenvalue weighted by Crippen LogP contribution is -2.14. The fraction of sp³-hybridized carbons (Fsp3) is 0.125. The normalized spacial score (nSPS) is 9.90. The Labute approximate surface area is 136 Å². The number of hydrogen-bond acceptors (Lipinski definition) is 3. The average molecular weight is 361 g/mol. The van der Waals surface area contributed by atoms with E-state index in [0.717, 1.165) is 15.7 Å². The van der Waals surface area contributed by atoms with Gasteiger partial charge in [0.05, 0.1) is 17.4 Å². The van der Waals surface area contributed by atoms with E-state index in [1.165, 1.54) is 11.8 Å². The molecule has 21 heavy (non-hydrogen) atoms. The second kappa shape index (κ2) is 7.87. The van der Waals surface area contributed by atoms with Crippen LogP contribution in [0.25, 0.3) is 0 Å². The summed E-state index contributed by atoms with van der Waals surface area (Å²) in [6.07, 6.45) is 0. The minimum absolute atomic E-state index is 0.0289. The van der Waals surface area contributed by atoms with Gasteiger partial charge in [-0.15, -0.1) is 11.8 Å². The number of carbonyl (C=O) groups excluding carboxylic acids is 1. The van der Waals surface area contributed by atoms with Gasteiger partial charge in [-0.2, -0.15) is 5.26 Å². The molecule has 0 aromatic heterocycles. The Morgan fingerprint density at radius 2 is 2.00 bits per heavy atom. The molecule has 0 atom stereocenters. The molecular formula is C16H13BrN2OS. The van der Waals surface area contributed by atoms with Crippen molar-refractivity contribution in [1.29, 1.82) is 5.26 Å². The molecule has 0 aliphatic rings. The summed E-state index contributed by atoms with van der Waals surface area (Å²) in [7, 11) is 0. The predicted molar refractivity (Wildman–Crippen MR) is 90.1 cm³/mol. The molecule has 2 rings (SSSR count). The number of nitrogens with one attached hydrogen (secondary N) is 1. The van der Waals surface area contributed by atoms with Gasteiger partial charge < -0.3 is 5.32 Å². The zero-order valence-electron chi connectivity index (χ0n) is 11.2. The molecule has 5 heteroatoms. The molecule has 0 aliphatic heterocycles. The van der Waals surface area contributed by atoms with Crippen LogP contribution in [-0.4, -0.2) is 11.7 Å². The third kappa shape index (κ3) is 5.25. The molecule has 3 nitrogen and oxygen atoms in total. The van der Waals surface area contributed by atoms with E-state index in [9.17, 15) is 4.79 Å². The lowest BCUT2D eigenvalue weighted by Gasteiger charge is -2.05. The summed E-state index contributed by atoms with van der Waals surface area (Å²) in [5, 5.41) is 11.7. The molecular weight excluding hydrogens is 348 g/mol. The van der Waals surface area contributed by atoms with Crippen molar-refractivity contribution in [3.8, 4) is 6.07 Å². The van der Waals surface area contributed by atoms with Gasteiger partial charge in [0, 0.05) is 15.9 Å². The maximum Gasteiger partial charge on any atom is 0.234 e. The van der Waals surface area contributed by atoms with Crippen molar-refractivity contribution in [2.45, 2.75) is 5.75 Å². The number of thioether (sulfide) groups is 1. The number of anilines is 1. The first kappa shape index (κ1) is 15.6. The second-order valence-electron chi connectivity index (χ2n) is 4.36. The van der Waals surface area contributed by atoms with Gasteiger partial charge in [-0.1, -0.05) is 28.1 Å². The lowest BCUT2D eigenvalue weighted by atomic mass is 10.2. The number of halogens is 1. The summed E-state index contributed by atoms with van der Waals surface area (Å²) < 4.78 is 0.979. The highest BCUT2D eigenvalue weighted by Gasteiger charge is 2.03. The SMILES string of the molecule is N#Cc1cccc(CSCC(=O)Nc2ccc(Br)cc2)c1. The van der Waals surface area contributed by atoms with Crippen LogP contribution in [-0.2, 0) is 10.5 Å². The number of hydrogen-bond donors (Lipinski definition) is 1. The van der Waals surface area contributed by atoms with Gasteiger partial charge in [0.15, 0.2) is 0 Å². The number of amides is 1. The molecule has 0 unspecified atom stereocenters. The fourth-order valence-electron chi connectivity index (χ4n) is 1.72. The van der Waals surface area contributed by atoms with Crippen molar-refractivity contribution in [1.82, 2.24) is 0 Å². The molecule has 0 heterocycles. The minimum Gasteiger partial charge on any atom is -0.325 e. The molecule has 0 bridgehead atoms. The molecule has 0 saturated heterocycles. The summed E-state index contributed by atoms with van der Waals surface area (Å²) in [5.41, 5.74) is 2.48. The molecule has 0 spiro atoms. The van der Waals surface area contributed by atoms with E-state index in [-0.39, 0.29) is 5.91 Å². The van der Waals surface area contributed by atoms with E-state index in [4.69, 9.17) is 5.26 Å². The van der Waals surface area contributed by atoms with Crippen molar-refractivity contribution in [2.24, 2.45) is 0 Å². The molecule has 2 aromatic rings. The van der Waals surface area contributed by atoms with Crippen molar-refractivity contribution >= 4 is 39.3 Å². The Morgan fingerprint density at radius 1 is 1.24 bits per heavy atom. The van der Waals surface area contributed by atoms with Gasteiger partial charge in [-0.3, -0.25) is 4.79 Å². The van der Waals surface area contributed by atoms with Crippen molar-refractivity contribution < 1.29 is 4.79 Å². The van der Waals surface area contributed by atoms with Crippen LogP contribution in [0.1, 0.15) is 11.1 Å². The highest BCUT2D eigenvalue weighted by Crippen LogP contribution is 2.16. The smallest absolute Gasteiger partial charge is 0.234 e. The van der Waals surface area contributed by atoms with Crippen molar-refractivity contribution in [3.05, 3.63) is 64.1 Å². The van der Waals surface area contributed by atoms with Crippen LogP contribution in [0.4, 0.5) is 5.69 Å². The van der Waals surface area contributed by atoms with Gasteiger partial charge in [0.25, 0.3) is 0 Å². The van der Waals surface area contributed by atoms with E-state index in [1.807, 2.05) is 42.5 Å². The van der Waals surface area contributed by atoms with Gasteiger partial charge in [-0.25, -0.2) is 0 Å². The van der Waals surface area contributed by atoms with Gasteiger partial charge in [0.2, 0.25) is 5.91 Å². The monoisotopic (exact) mass is 360 g/mol. The van der Waals surface area contributed by atoms with E-state index < -0.39 is 0 Å². The average Bonchev–Trinajstić information content (AvgIpc) is 2.50. The second-order valence-corrected chi connectivity index (χ2v) is 6.26. The largest absolute Gasteiger partial charge is 0.325 e. The summed E-state index contributed by atoms with van der Waals surface area (Å²) in [5.74, 6) is 1.06. The fourth-order valence-corrected chi connectivity index (χ4v) is 2.76. The Bertz CT molecular complexity index is 665. The van der Waals surface area contributed by atoms with Crippen LogP contribution in [0.15, 0.2) is 53.0 Å². The number of nitrogens with zero attached hydrogens (tertiary/aromatic N) is 1. The topological polar surface area (TPSA) is 52.9 Å². The summed E-state index contributed by atoms with van der Waals surface area (Å²) >= 11 is 4.88. The number of benzene rings is 2. The maximum absolute atomic E-state index is 11.8. The lowest BCUT2D eigenvalue weighted by molar-refractivity contribution is -0.113. The molecule has 0 fully saturated rings. The summed E-state index contributed by atoms with van der Waals surface area (Å²) in [6, 6.07) is 17.0. The standard InChI is InChI=1S/C16H13BrN2OS/c17-14-4-6-15(7-5-14)19-16(20)11-21-10-13-3-1-2-12(8-13)9-18/h1-8H,10-11H2,(H,19,20). The van der Waals surface area contributed by atoms with Gasteiger partial charge in [-0.05, 0) is 42.0 Å². The first-order chi connectivity index (χ1) is 10.2. The first-order valence-electron chi connectivity index (χ1n) is 6.29. The predicted octanol–water partition coefficient (Wildman–Crippen LogP) is 4.19. The van der Waals surface area contributed by atoms with Crippen LogP contribution in [0.2, 0.25) is 0 Å². The molecule has 0 aliphatic carbocycles. The molecule has 106 valence electrons. The van der Waals surface area contributed by atoms with Gasteiger partial charge >= 0.3 is 0 Å². The number of rotatable bonds is 5. The van der Waals surface area contributed by atoms with Gasteiger partial charge in [0.1, 0.15) is 0 Å². The molecule has 2 aromatic carbocycles. The quantitative estimate of drug-likeness (QED) is 0.869. The molecule has 1 N–H and O–H groups in total. The van der Waals surface area contributed by atoms with Crippen LogP contribution < -0.4 is 5.32 Å². The third-order valence-electron chi connectivity index (χ3n) is 2.69. The summed E-state index contributed by atoms with van der Waals surface area (Å²) in [6.45, 7) is 0. The van der Waals surface area contributed by atoms with E-state index >= 15 is 0 Å². The highest BCUT2D eigenvalue weighted by atomic mass is 79.9.